The second-order valence-electron chi connectivity index (χ2n) is 4.22. The molecule has 0 spiro atoms. The minimum absolute atomic E-state index is 0.101. The molecule has 2 aromatic rings. The Kier molecular flexibility index (Phi) is 3.94. The molecule has 0 saturated heterocycles. The zero-order valence-corrected chi connectivity index (χ0v) is 10.7. The maximum atomic E-state index is 12.9. The van der Waals surface area contributed by atoms with Gasteiger partial charge in [0.25, 0.3) is 0 Å². The molecule has 6 heteroatoms. The van der Waals surface area contributed by atoms with Gasteiger partial charge in [0.2, 0.25) is 5.88 Å². The molecule has 1 aromatic heterocycles. The molecule has 0 radical (unpaired) electrons. The highest BCUT2D eigenvalue weighted by molar-refractivity contribution is 5.40. The molecule has 0 saturated carbocycles. The van der Waals surface area contributed by atoms with E-state index in [0.717, 1.165) is 6.07 Å². The topological polar surface area (TPSA) is 48.1 Å². The highest BCUT2D eigenvalue weighted by Gasteiger charge is 2.34. The monoisotopic (exact) mass is 282 g/mol. The van der Waals surface area contributed by atoms with Gasteiger partial charge < -0.3 is 10.5 Å². The lowest BCUT2D eigenvalue weighted by molar-refractivity contribution is -0.138. The summed E-state index contributed by atoms with van der Waals surface area (Å²) in [7, 11) is 0. The Morgan fingerprint density at radius 3 is 2.50 bits per heavy atom. The minimum atomic E-state index is -4.48. The van der Waals surface area contributed by atoms with Gasteiger partial charge in [-0.15, -0.1) is 0 Å². The summed E-state index contributed by atoms with van der Waals surface area (Å²) in [5.74, 6) is -0.183. The molecule has 0 amide bonds. The molecule has 0 aliphatic rings. The van der Waals surface area contributed by atoms with Gasteiger partial charge in [0, 0.05) is 17.8 Å². The fourth-order valence-electron chi connectivity index (χ4n) is 1.70. The largest absolute Gasteiger partial charge is 0.438 e. The van der Waals surface area contributed by atoms with Crippen molar-refractivity contribution in [2.45, 2.75) is 19.6 Å². The summed E-state index contributed by atoms with van der Waals surface area (Å²) >= 11 is 0. The van der Waals surface area contributed by atoms with E-state index in [1.165, 1.54) is 18.2 Å². The van der Waals surface area contributed by atoms with Crippen LogP contribution in [-0.2, 0) is 12.7 Å². The summed E-state index contributed by atoms with van der Waals surface area (Å²) in [5, 5.41) is 0. The van der Waals surface area contributed by atoms with Crippen LogP contribution in [-0.4, -0.2) is 4.98 Å². The van der Waals surface area contributed by atoms with Gasteiger partial charge in [0.05, 0.1) is 5.56 Å². The maximum absolute atomic E-state index is 12.9. The lowest BCUT2D eigenvalue weighted by Gasteiger charge is -2.14. The van der Waals surface area contributed by atoms with Crippen LogP contribution in [0, 0.1) is 6.92 Å². The second-order valence-corrected chi connectivity index (χ2v) is 4.22. The number of pyridine rings is 1. The van der Waals surface area contributed by atoms with Crippen LogP contribution in [0.2, 0.25) is 0 Å². The quantitative estimate of drug-likeness (QED) is 0.934. The third-order valence-electron chi connectivity index (χ3n) is 2.70. The number of hydrogen-bond donors (Lipinski definition) is 1. The van der Waals surface area contributed by atoms with Gasteiger partial charge in [-0.3, -0.25) is 0 Å². The van der Waals surface area contributed by atoms with Crippen LogP contribution in [0.5, 0.6) is 11.6 Å². The lowest BCUT2D eigenvalue weighted by atomic mass is 10.2. The van der Waals surface area contributed by atoms with Crippen molar-refractivity contribution in [3.63, 3.8) is 0 Å². The van der Waals surface area contributed by atoms with Crippen molar-refractivity contribution < 1.29 is 17.9 Å². The molecule has 20 heavy (non-hydrogen) atoms. The minimum Gasteiger partial charge on any atom is -0.438 e. The van der Waals surface area contributed by atoms with Gasteiger partial charge in [-0.2, -0.15) is 13.2 Å². The predicted octanol–water partition coefficient (Wildman–Crippen LogP) is 3.66. The van der Waals surface area contributed by atoms with Gasteiger partial charge >= 0.3 is 6.18 Å². The smallest absolute Gasteiger partial charge is 0.419 e. The SMILES string of the molecule is Cc1ccc(CN)c(Oc2ccccc2C(F)(F)F)n1. The Morgan fingerprint density at radius 2 is 1.85 bits per heavy atom. The Bertz CT molecular complexity index is 612. The van der Waals surface area contributed by atoms with Crippen LogP contribution >= 0.6 is 0 Å². The van der Waals surface area contributed by atoms with Crippen LogP contribution in [0.15, 0.2) is 36.4 Å². The van der Waals surface area contributed by atoms with E-state index in [2.05, 4.69) is 4.98 Å². The first-order valence-electron chi connectivity index (χ1n) is 5.92. The van der Waals surface area contributed by atoms with E-state index >= 15 is 0 Å². The number of alkyl halides is 3. The molecular formula is C14H13F3N2O. The first-order valence-corrected chi connectivity index (χ1v) is 5.92. The number of halogens is 3. The third kappa shape index (κ3) is 3.08. The number of para-hydroxylation sites is 1. The highest BCUT2D eigenvalue weighted by atomic mass is 19.4. The number of hydrogen-bond acceptors (Lipinski definition) is 3. The van der Waals surface area contributed by atoms with Crippen molar-refractivity contribution in [1.82, 2.24) is 4.98 Å². The average molecular weight is 282 g/mol. The molecule has 1 heterocycles. The zero-order chi connectivity index (χ0) is 14.8. The van der Waals surface area contributed by atoms with Gasteiger partial charge in [-0.1, -0.05) is 18.2 Å². The average Bonchev–Trinajstić information content (AvgIpc) is 2.38. The summed E-state index contributed by atoms with van der Waals surface area (Å²) < 4.78 is 44.0. The van der Waals surface area contributed by atoms with Crippen LogP contribution in [0.4, 0.5) is 13.2 Å². The van der Waals surface area contributed by atoms with Crippen molar-refractivity contribution in [3.05, 3.63) is 53.2 Å². The molecule has 0 atom stereocenters. The van der Waals surface area contributed by atoms with E-state index < -0.39 is 11.7 Å². The molecule has 106 valence electrons. The summed E-state index contributed by atoms with van der Waals surface area (Å²) in [6, 6.07) is 8.42. The number of nitrogens with zero attached hydrogens (tertiary/aromatic N) is 1. The van der Waals surface area contributed by atoms with Crippen molar-refractivity contribution in [2.24, 2.45) is 5.73 Å². The molecule has 2 rings (SSSR count). The van der Waals surface area contributed by atoms with E-state index in [1.807, 2.05) is 0 Å². The second kappa shape index (κ2) is 5.50. The Balaban J connectivity index is 2.43. The van der Waals surface area contributed by atoms with Gasteiger partial charge in [0.1, 0.15) is 5.75 Å². The van der Waals surface area contributed by atoms with Crippen LogP contribution in [0.3, 0.4) is 0 Å². The van der Waals surface area contributed by atoms with E-state index in [9.17, 15) is 13.2 Å². The standard InChI is InChI=1S/C14H13F3N2O/c1-9-6-7-10(8-18)13(19-9)20-12-5-3-2-4-11(12)14(15,16)17/h2-7H,8,18H2,1H3. The fraction of sp³-hybridized carbons (Fsp3) is 0.214. The summed E-state index contributed by atoms with van der Waals surface area (Å²) in [6.45, 7) is 1.86. The number of aromatic nitrogens is 1. The van der Waals surface area contributed by atoms with Crippen molar-refractivity contribution in [2.75, 3.05) is 0 Å². The molecule has 0 unspecified atom stereocenters. The third-order valence-corrected chi connectivity index (χ3v) is 2.70. The molecule has 3 nitrogen and oxygen atoms in total. The van der Waals surface area contributed by atoms with E-state index in [4.69, 9.17) is 10.5 Å². The predicted molar refractivity (Wildman–Crippen MR) is 68.4 cm³/mol. The van der Waals surface area contributed by atoms with E-state index in [0.29, 0.717) is 11.3 Å². The van der Waals surface area contributed by atoms with Crippen molar-refractivity contribution >= 4 is 0 Å². The fourth-order valence-corrected chi connectivity index (χ4v) is 1.70. The molecule has 2 N–H and O–H groups in total. The van der Waals surface area contributed by atoms with E-state index in [-0.39, 0.29) is 18.2 Å². The number of rotatable bonds is 3. The Hall–Kier alpha value is -2.08. The van der Waals surface area contributed by atoms with Crippen molar-refractivity contribution in [1.29, 1.82) is 0 Å². The van der Waals surface area contributed by atoms with Crippen molar-refractivity contribution in [3.8, 4) is 11.6 Å². The molecule has 1 aromatic carbocycles. The lowest BCUT2D eigenvalue weighted by Crippen LogP contribution is -2.08. The van der Waals surface area contributed by atoms with Gasteiger partial charge in [-0.05, 0) is 25.1 Å². The van der Waals surface area contributed by atoms with E-state index in [1.54, 1.807) is 19.1 Å². The Labute approximate surface area is 114 Å². The first-order chi connectivity index (χ1) is 9.41. The maximum Gasteiger partial charge on any atom is 0.419 e. The number of nitrogens with two attached hydrogens (primary N) is 1. The summed E-state index contributed by atoms with van der Waals surface area (Å²) in [6.07, 6.45) is -4.48. The molecule has 0 aliphatic heterocycles. The zero-order valence-electron chi connectivity index (χ0n) is 10.7. The highest BCUT2D eigenvalue weighted by Crippen LogP contribution is 2.38. The summed E-state index contributed by atoms with van der Waals surface area (Å²) in [4.78, 5) is 4.09. The Morgan fingerprint density at radius 1 is 1.15 bits per heavy atom. The molecular weight excluding hydrogens is 269 g/mol. The van der Waals surface area contributed by atoms with Gasteiger partial charge in [-0.25, -0.2) is 4.98 Å². The number of ether oxygens (including phenoxy) is 1. The normalized spacial score (nSPS) is 11.4. The van der Waals surface area contributed by atoms with Crippen LogP contribution in [0.25, 0.3) is 0 Å². The molecule has 0 bridgehead atoms. The molecule has 0 fully saturated rings. The van der Waals surface area contributed by atoms with Crippen LogP contribution < -0.4 is 10.5 Å². The number of aryl methyl sites for hydroxylation is 1. The number of benzene rings is 1. The van der Waals surface area contributed by atoms with Gasteiger partial charge in [0.15, 0.2) is 0 Å². The van der Waals surface area contributed by atoms with Crippen LogP contribution in [0.1, 0.15) is 16.8 Å². The molecule has 0 aliphatic carbocycles. The first kappa shape index (κ1) is 14.3. The summed E-state index contributed by atoms with van der Waals surface area (Å²) in [5.41, 5.74) is 5.88.